The van der Waals surface area contributed by atoms with E-state index < -0.39 is 0 Å². The van der Waals surface area contributed by atoms with Gasteiger partial charge in [0.2, 0.25) is 0 Å². The molecule has 3 rings (SSSR count). The Morgan fingerprint density at radius 3 is 2.83 bits per heavy atom. The topological polar surface area (TPSA) is 55.3 Å². The van der Waals surface area contributed by atoms with Gasteiger partial charge in [0, 0.05) is 18.4 Å². The summed E-state index contributed by atoms with van der Waals surface area (Å²) in [6.45, 7) is 0.427. The predicted octanol–water partition coefficient (Wildman–Crippen LogP) is 4.14. The molecule has 0 radical (unpaired) electrons. The number of fused-ring (bicyclic) bond motifs is 1. The molecular weight excluding hydrogens is 331 g/mol. The summed E-state index contributed by atoms with van der Waals surface area (Å²) in [4.78, 5) is 4.40. The number of guanidine groups is 1. The first-order valence-electron chi connectivity index (χ1n) is 7.73. The summed E-state index contributed by atoms with van der Waals surface area (Å²) in [6.07, 6.45) is 4.72. The second-order valence-electron chi connectivity index (χ2n) is 5.81. The number of nitrogens with two attached hydrogens (primary N) is 1. The molecule has 1 aliphatic carbocycles. The minimum Gasteiger partial charge on any atom is -0.370 e. The van der Waals surface area contributed by atoms with Crippen LogP contribution in [0.3, 0.4) is 0 Å². The van der Waals surface area contributed by atoms with E-state index >= 15 is 0 Å². The van der Waals surface area contributed by atoms with Crippen LogP contribution >= 0.6 is 23.2 Å². The summed E-state index contributed by atoms with van der Waals surface area (Å²) in [5, 5.41) is 4.28. The van der Waals surface area contributed by atoms with Gasteiger partial charge < -0.3 is 15.6 Å². The zero-order chi connectivity index (χ0) is 16.4. The van der Waals surface area contributed by atoms with Gasteiger partial charge in [0.05, 0.1) is 11.6 Å². The summed E-state index contributed by atoms with van der Waals surface area (Å²) in [5.41, 5.74) is 10.8. The highest BCUT2D eigenvalue weighted by atomic mass is 35.5. The van der Waals surface area contributed by atoms with Gasteiger partial charge in [-0.2, -0.15) is 0 Å². The maximum absolute atomic E-state index is 6.06. The van der Waals surface area contributed by atoms with Gasteiger partial charge >= 0.3 is 0 Å². The van der Waals surface area contributed by atoms with Gasteiger partial charge in [0.15, 0.2) is 5.96 Å². The van der Waals surface area contributed by atoms with E-state index in [1.807, 2.05) is 17.7 Å². The van der Waals surface area contributed by atoms with Gasteiger partial charge in [-0.3, -0.25) is 0 Å². The van der Waals surface area contributed by atoms with Crippen LogP contribution in [0.2, 0.25) is 10.2 Å². The van der Waals surface area contributed by atoms with E-state index in [2.05, 4.69) is 28.5 Å². The van der Waals surface area contributed by atoms with E-state index in [0.717, 1.165) is 24.2 Å². The molecule has 4 nitrogen and oxygen atoms in total. The zero-order valence-corrected chi connectivity index (χ0v) is 14.6. The molecule has 23 heavy (non-hydrogen) atoms. The lowest BCUT2D eigenvalue weighted by atomic mass is 9.90. The van der Waals surface area contributed by atoms with Gasteiger partial charge in [-0.1, -0.05) is 35.3 Å². The number of aliphatic imine (C=N–C) groups is 1. The third-order valence-electron chi connectivity index (χ3n) is 4.29. The van der Waals surface area contributed by atoms with Crippen LogP contribution in [-0.4, -0.2) is 10.5 Å². The average molecular weight is 351 g/mol. The van der Waals surface area contributed by atoms with E-state index in [1.54, 1.807) is 0 Å². The van der Waals surface area contributed by atoms with E-state index in [4.69, 9.17) is 28.9 Å². The Balaban J connectivity index is 1.74. The van der Waals surface area contributed by atoms with Crippen LogP contribution in [0.4, 0.5) is 5.69 Å². The maximum atomic E-state index is 6.06. The molecule has 0 spiro atoms. The van der Waals surface area contributed by atoms with Crippen LogP contribution in [0.1, 0.15) is 29.7 Å². The van der Waals surface area contributed by atoms with Crippen molar-refractivity contribution in [1.29, 1.82) is 0 Å². The van der Waals surface area contributed by atoms with Gasteiger partial charge in [-0.25, -0.2) is 4.99 Å². The number of anilines is 1. The number of halogens is 2. The lowest BCUT2D eigenvalue weighted by molar-refractivity contribution is 0.687. The highest BCUT2D eigenvalue weighted by Gasteiger charge is 2.13. The van der Waals surface area contributed by atoms with Gasteiger partial charge in [0.1, 0.15) is 5.15 Å². The third-order valence-corrected chi connectivity index (χ3v) is 5.13. The number of benzene rings is 1. The van der Waals surface area contributed by atoms with Crippen molar-refractivity contribution in [3.05, 3.63) is 51.3 Å². The molecule has 1 aliphatic rings. The molecule has 1 aromatic carbocycles. The van der Waals surface area contributed by atoms with Crippen molar-refractivity contribution in [2.75, 3.05) is 5.32 Å². The summed E-state index contributed by atoms with van der Waals surface area (Å²) in [6, 6.07) is 8.13. The maximum Gasteiger partial charge on any atom is 0.193 e. The second kappa shape index (κ2) is 6.85. The summed E-state index contributed by atoms with van der Waals surface area (Å²) in [5.74, 6) is 0.400. The fourth-order valence-electron chi connectivity index (χ4n) is 2.98. The molecule has 0 fully saturated rings. The molecule has 6 heteroatoms. The van der Waals surface area contributed by atoms with Crippen LogP contribution in [0, 0.1) is 0 Å². The highest BCUT2D eigenvalue weighted by molar-refractivity contribution is 6.41. The van der Waals surface area contributed by atoms with E-state index in [9.17, 15) is 0 Å². The Morgan fingerprint density at radius 1 is 1.30 bits per heavy atom. The monoisotopic (exact) mass is 350 g/mol. The van der Waals surface area contributed by atoms with Crippen LogP contribution in [0.5, 0.6) is 0 Å². The van der Waals surface area contributed by atoms with Crippen molar-refractivity contribution >= 4 is 34.8 Å². The molecule has 0 unspecified atom stereocenters. The lowest BCUT2D eigenvalue weighted by Crippen LogP contribution is -2.24. The molecule has 0 amide bonds. The van der Waals surface area contributed by atoms with Crippen molar-refractivity contribution in [3.8, 4) is 0 Å². The zero-order valence-electron chi connectivity index (χ0n) is 13.1. The summed E-state index contributed by atoms with van der Waals surface area (Å²) >= 11 is 12.1. The molecular formula is C17H20Cl2N4. The third kappa shape index (κ3) is 3.48. The average Bonchev–Trinajstić information content (AvgIpc) is 2.80. The minimum atomic E-state index is 0.400. The fourth-order valence-corrected chi connectivity index (χ4v) is 3.40. The smallest absolute Gasteiger partial charge is 0.193 e. The van der Waals surface area contributed by atoms with Crippen molar-refractivity contribution in [3.63, 3.8) is 0 Å². The molecule has 0 saturated carbocycles. The standard InChI is InChI=1S/C17H20Cl2N4/c1-23-12(9-14(18)16(23)19)10-21-17(20)22-15-8-4-6-11-5-2-3-7-13(11)15/h4,6,8-9H,2-3,5,7,10H2,1H3,(H3,20,21,22). The minimum absolute atomic E-state index is 0.400. The van der Waals surface area contributed by atoms with E-state index in [0.29, 0.717) is 22.7 Å². The van der Waals surface area contributed by atoms with E-state index in [-0.39, 0.29) is 0 Å². The second-order valence-corrected chi connectivity index (χ2v) is 6.58. The Kier molecular flexibility index (Phi) is 4.83. The first kappa shape index (κ1) is 16.2. The molecule has 3 N–H and O–H groups in total. The quantitative estimate of drug-likeness (QED) is 0.645. The summed E-state index contributed by atoms with van der Waals surface area (Å²) < 4.78 is 1.81. The lowest BCUT2D eigenvalue weighted by Gasteiger charge is -2.19. The SMILES string of the molecule is Cn1c(CN=C(N)Nc2cccc3c2CCCC3)cc(Cl)c1Cl. The molecule has 0 bridgehead atoms. The Bertz CT molecular complexity index is 749. The molecule has 1 heterocycles. The molecule has 0 atom stereocenters. The van der Waals surface area contributed by atoms with Gasteiger partial charge in [-0.15, -0.1) is 0 Å². The Labute approximate surface area is 146 Å². The first-order valence-corrected chi connectivity index (χ1v) is 8.49. The molecule has 2 aromatic rings. The number of rotatable bonds is 3. The number of hydrogen-bond donors (Lipinski definition) is 2. The largest absolute Gasteiger partial charge is 0.370 e. The van der Waals surface area contributed by atoms with Gasteiger partial charge in [-0.05, 0) is 48.9 Å². The number of nitrogens with one attached hydrogen (secondary N) is 1. The Hall–Kier alpha value is -1.65. The van der Waals surface area contributed by atoms with Crippen molar-refractivity contribution in [2.45, 2.75) is 32.2 Å². The highest BCUT2D eigenvalue weighted by Crippen LogP contribution is 2.28. The van der Waals surface area contributed by atoms with Crippen LogP contribution in [0.15, 0.2) is 29.3 Å². The number of nitrogens with zero attached hydrogens (tertiary/aromatic N) is 2. The molecule has 0 saturated heterocycles. The number of hydrogen-bond acceptors (Lipinski definition) is 1. The van der Waals surface area contributed by atoms with Crippen molar-refractivity contribution in [2.24, 2.45) is 17.8 Å². The van der Waals surface area contributed by atoms with Crippen molar-refractivity contribution in [1.82, 2.24) is 4.57 Å². The normalized spacial score (nSPS) is 14.7. The van der Waals surface area contributed by atoms with Crippen molar-refractivity contribution < 1.29 is 0 Å². The summed E-state index contributed by atoms with van der Waals surface area (Å²) in [7, 11) is 1.86. The molecule has 1 aromatic heterocycles. The van der Waals surface area contributed by atoms with E-state index in [1.165, 1.54) is 24.0 Å². The van der Waals surface area contributed by atoms with Gasteiger partial charge in [0.25, 0.3) is 0 Å². The van der Waals surface area contributed by atoms with Crippen LogP contribution < -0.4 is 11.1 Å². The molecule has 122 valence electrons. The fraction of sp³-hybridized carbons (Fsp3) is 0.353. The first-order chi connectivity index (χ1) is 11.1. The van der Waals surface area contributed by atoms with Crippen LogP contribution in [-0.2, 0) is 26.4 Å². The Morgan fingerprint density at radius 2 is 2.09 bits per heavy atom. The predicted molar refractivity (Wildman–Crippen MR) is 97.5 cm³/mol. The van der Waals surface area contributed by atoms with Crippen LogP contribution in [0.25, 0.3) is 0 Å². The number of aromatic nitrogens is 1. The number of aryl methyl sites for hydroxylation is 1. The molecule has 0 aliphatic heterocycles.